The van der Waals surface area contributed by atoms with E-state index in [2.05, 4.69) is 20.8 Å². The van der Waals surface area contributed by atoms with Crippen LogP contribution in [0.15, 0.2) is 12.1 Å². The van der Waals surface area contributed by atoms with Crippen molar-refractivity contribution in [3.8, 4) is 11.5 Å². The Morgan fingerprint density at radius 3 is 2.73 bits per heavy atom. The van der Waals surface area contributed by atoms with Crippen molar-refractivity contribution in [2.24, 2.45) is 11.3 Å². The van der Waals surface area contributed by atoms with E-state index >= 15 is 0 Å². The third-order valence-corrected chi connectivity index (χ3v) is 5.68. The Kier molecular flexibility index (Phi) is 3.48. The molecule has 1 aliphatic carbocycles. The van der Waals surface area contributed by atoms with Gasteiger partial charge in [-0.05, 0) is 49.3 Å². The molecular weight excluding hydrogens is 280 g/mol. The van der Waals surface area contributed by atoms with Gasteiger partial charge in [0.05, 0.1) is 13.2 Å². The molecule has 1 N–H and O–H groups in total. The highest BCUT2D eigenvalue weighted by Crippen LogP contribution is 2.54. The molecule has 0 bridgehead atoms. The summed E-state index contributed by atoms with van der Waals surface area (Å²) in [7, 11) is 1.59. The molecule has 1 saturated carbocycles. The smallest absolute Gasteiger partial charge is 0.165 e. The first-order chi connectivity index (χ1) is 10.3. The van der Waals surface area contributed by atoms with Crippen molar-refractivity contribution in [2.75, 3.05) is 7.11 Å². The number of aliphatic hydroxyl groups excluding tert-OH is 1. The summed E-state index contributed by atoms with van der Waals surface area (Å²) in [5, 5.41) is 10.4. The Balaban J connectivity index is 2.10. The number of benzene rings is 1. The van der Waals surface area contributed by atoms with E-state index in [4.69, 9.17) is 9.47 Å². The lowest BCUT2D eigenvalue weighted by molar-refractivity contribution is -0.138. The molecule has 1 fully saturated rings. The monoisotopic (exact) mass is 304 g/mol. The fraction of sp³-hybridized carbons (Fsp3) is 0.611. The van der Waals surface area contributed by atoms with Crippen LogP contribution in [0, 0.1) is 11.3 Å². The zero-order valence-corrected chi connectivity index (χ0v) is 13.7. The second-order valence-corrected chi connectivity index (χ2v) is 7.38. The van der Waals surface area contributed by atoms with E-state index in [-0.39, 0.29) is 23.0 Å². The van der Waals surface area contributed by atoms with Crippen LogP contribution in [0.2, 0.25) is 0 Å². The van der Waals surface area contributed by atoms with E-state index in [0.29, 0.717) is 11.3 Å². The molecule has 1 aliphatic heterocycles. The van der Waals surface area contributed by atoms with E-state index in [0.717, 1.165) is 36.9 Å². The molecule has 1 aromatic carbocycles. The van der Waals surface area contributed by atoms with E-state index in [1.807, 2.05) is 6.07 Å². The molecule has 0 saturated heterocycles. The number of ether oxygens (including phenoxy) is 2. The molecule has 2 aliphatic rings. The minimum absolute atomic E-state index is 0.197. The van der Waals surface area contributed by atoms with Crippen LogP contribution in [0.3, 0.4) is 0 Å². The average Bonchev–Trinajstić information content (AvgIpc) is 2.49. The maximum atomic E-state index is 11.1. The molecule has 120 valence electrons. The van der Waals surface area contributed by atoms with Crippen molar-refractivity contribution in [2.45, 2.75) is 51.7 Å². The SMILES string of the molecule is COc1cc(C=O)cc2c1OC1(C)CCC(O)C(C)(C)C1C2. The van der Waals surface area contributed by atoms with Crippen molar-refractivity contribution in [3.05, 3.63) is 23.3 Å². The highest BCUT2D eigenvalue weighted by molar-refractivity contribution is 5.77. The van der Waals surface area contributed by atoms with Gasteiger partial charge in [-0.15, -0.1) is 0 Å². The normalized spacial score (nSPS) is 32.4. The second kappa shape index (κ2) is 4.98. The summed E-state index contributed by atoms with van der Waals surface area (Å²) < 4.78 is 11.8. The summed E-state index contributed by atoms with van der Waals surface area (Å²) >= 11 is 0. The Bertz CT molecular complexity index is 607. The van der Waals surface area contributed by atoms with Gasteiger partial charge in [0.15, 0.2) is 11.5 Å². The van der Waals surface area contributed by atoms with Crippen LogP contribution in [0.4, 0.5) is 0 Å². The van der Waals surface area contributed by atoms with Gasteiger partial charge in [0.2, 0.25) is 0 Å². The van der Waals surface area contributed by atoms with Gasteiger partial charge in [-0.3, -0.25) is 4.79 Å². The van der Waals surface area contributed by atoms with Crippen molar-refractivity contribution in [1.29, 1.82) is 0 Å². The largest absolute Gasteiger partial charge is 0.493 e. The van der Waals surface area contributed by atoms with Crippen molar-refractivity contribution in [1.82, 2.24) is 0 Å². The minimum atomic E-state index is -0.327. The third kappa shape index (κ3) is 2.12. The lowest BCUT2D eigenvalue weighted by Gasteiger charge is -2.55. The molecule has 22 heavy (non-hydrogen) atoms. The van der Waals surface area contributed by atoms with Gasteiger partial charge in [0, 0.05) is 11.5 Å². The van der Waals surface area contributed by atoms with Gasteiger partial charge >= 0.3 is 0 Å². The lowest BCUT2D eigenvalue weighted by atomic mass is 9.57. The maximum Gasteiger partial charge on any atom is 0.165 e. The predicted octanol–water partition coefficient (Wildman–Crippen LogP) is 3.00. The fourth-order valence-electron chi connectivity index (χ4n) is 4.21. The summed E-state index contributed by atoms with van der Waals surface area (Å²) in [5.74, 6) is 1.56. The number of hydrogen-bond donors (Lipinski definition) is 1. The van der Waals surface area contributed by atoms with E-state index in [1.54, 1.807) is 13.2 Å². The number of rotatable bonds is 2. The van der Waals surface area contributed by atoms with Crippen LogP contribution in [0.5, 0.6) is 11.5 Å². The molecule has 4 heteroatoms. The molecule has 0 spiro atoms. The third-order valence-electron chi connectivity index (χ3n) is 5.68. The van der Waals surface area contributed by atoms with Gasteiger partial charge in [-0.25, -0.2) is 0 Å². The van der Waals surface area contributed by atoms with Crippen LogP contribution in [-0.4, -0.2) is 30.2 Å². The topological polar surface area (TPSA) is 55.8 Å². The van der Waals surface area contributed by atoms with Gasteiger partial charge in [0.25, 0.3) is 0 Å². The van der Waals surface area contributed by atoms with E-state index < -0.39 is 0 Å². The summed E-state index contributed by atoms with van der Waals surface area (Å²) in [4.78, 5) is 11.1. The Labute approximate surface area is 131 Å². The molecule has 4 nitrogen and oxygen atoms in total. The van der Waals surface area contributed by atoms with Crippen LogP contribution in [-0.2, 0) is 6.42 Å². The summed E-state index contributed by atoms with van der Waals surface area (Å²) in [6, 6.07) is 3.60. The van der Waals surface area contributed by atoms with Gasteiger partial charge in [-0.2, -0.15) is 0 Å². The van der Waals surface area contributed by atoms with Crippen molar-refractivity contribution < 1.29 is 19.4 Å². The first-order valence-electron chi connectivity index (χ1n) is 7.85. The second-order valence-electron chi connectivity index (χ2n) is 7.38. The predicted molar refractivity (Wildman–Crippen MR) is 83.6 cm³/mol. The zero-order valence-electron chi connectivity index (χ0n) is 13.7. The highest BCUT2D eigenvalue weighted by Gasteiger charge is 2.54. The first kappa shape index (κ1) is 15.3. The summed E-state index contributed by atoms with van der Waals surface area (Å²) in [5.41, 5.74) is 1.05. The van der Waals surface area contributed by atoms with Crippen LogP contribution in [0.1, 0.15) is 49.5 Å². The molecule has 0 amide bonds. The fourth-order valence-corrected chi connectivity index (χ4v) is 4.21. The Morgan fingerprint density at radius 2 is 2.09 bits per heavy atom. The number of aldehydes is 1. The van der Waals surface area contributed by atoms with E-state index in [9.17, 15) is 9.90 Å². The summed E-state index contributed by atoms with van der Waals surface area (Å²) in [6.07, 6.45) is 2.85. The number of methoxy groups -OCH3 is 1. The molecule has 3 rings (SSSR count). The maximum absolute atomic E-state index is 11.1. The first-order valence-corrected chi connectivity index (χ1v) is 7.85. The molecular formula is C18H24O4. The quantitative estimate of drug-likeness (QED) is 0.853. The van der Waals surface area contributed by atoms with Crippen LogP contribution >= 0.6 is 0 Å². The molecule has 3 unspecified atom stereocenters. The number of fused-ring (bicyclic) bond motifs is 2. The Morgan fingerprint density at radius 1 is 1.36 bits per heavy atom. The molecule has 0 radical (unpaired) electrons. The average molecular weight is 304 g/mol. The van der Waals surface area contributed by atoms with Gasteiger partial charge < -0.3 is 14.6 Å². The zero-order chi connectivity index (χ0) is 16.1. The number of carbonyl (C=O) groups is 1. The standard InChI is InChI=1S/C18H24O4/c1-17(2)14-9-12-7-11(10-19)8-13(21-4)16(12)22-18(14,3)6-5-15(17)20/h7-8,10,14-15,20H,5-6,9H2,1-4H3. The Hall–Kier alpha value is -1.55. The number of hydrogen-bond acceptors (Lipinski definition) is 4. The molecule has 1 aromatic rings. The number of carbonyl (C=O) groups excluding carboxylic acids is 1. The molecule has 0 aromatic heterocycles. The molecule has 1 heterocycles. The van der Waals surface area contributed by atoms with Gasteiger partial charge in [0.1, 0.15) is 11.9 Å². The van der Waals surface area contributed by atoms with Crippen molar-refractivity contribution >= 4 is 6.29 Å². The lowest BCUT2D eigenvalue weighted by Crippen LogP contribution is -2.58. The van der Waals surface area contributed by atoms with Gasteiger partial charge in [-0.1, -0.05) is 13.8 Å². The van der Waals surface area contributed by atoms with Crippen LogP contribution in [0.25, 0.3) is 0 Å². The van der Waals surface area contributed by atoms with Crippen molar-refractivity contribution in [3.63, 3.8) is 0 Å². The highest BCUT2D eigenvalue weighted by atomic mass is 16.5. The minimum Gasteiger partial charge on any atom is -0.493 e. The van der Waals surface area contributed by atoms with Crippen LogP contribution < -0.4 is 9.47 Å². The summed E-state index contributed by atoms with van der Waals surface area (Å²) in [6.45, 7) is 6.34. The number of aliphatic hydroxyl groups is 1. The van der Waals surface area contributed by atoms with E-state index in [1.165, 1.54) is 0 Å². The molecule has 3 atom stereocenters.